The molecule has 1 aliphatic carbocycles. The largest absolute Gasteiger partial charge is 0.363 e. The summed E-state index contributed by atoms with van der Waals surface area (Å²) in [6, 6.07) is 11.1. The average Bonchev–Trinajstić information content (AvgIpc) is 3.28. The first-order chi connectivity index (χ1) is 10.8. The molecule has 2 aliphatic rings. The molecule has 4 rings (SSSR count). The van der Waals surface area contributed by atoms with Crippen molar-refractivity contribution in [3.05, 3.63) is 54.1 Å². The number of aromatic nitrogens is 2. The summed E-state index contributed by atoms with van der Waals surface area (Å²) >= 11 is 5.68. The molecular weight excluding hydrogens is 292 g/mol. The quantitative estimate of drug-likeness (QED) is 0.853. The number of hydrogen-bond acceptors (Lipinski definition) is 2. The summed E-state index contributed by atoms with van der Waals surface area (Å²) in [6.45, 7) is 0. The molecule has 0 unspecified atom stereocenters. The van der Waals surface area contributed by atoms with Crippen LogP contribution in [0.4, 0.5) is 0 Å². The van der Waals surface area contributed by atoms with Gasteiger partial charge in [-0.2, -0.15) is 0 Å². The lowest BCUT2D eigenvalue weighted by Gasteiger charge is -2.32. The van der Waals surface area contributed by atoms with Gasteiger partial charge in [0.2, 0.25) is 0 Å². The molecule has 0 spiro atoms. The maximum atomic E-state index is 5.68. The topological polar surface area (TPSA) is 44.0 Å². The summed E-state index contributed by atoms with van der Waals surface area (Å²) in [6.07, 6.45) is 8.90. The fraction of sp³-hybridized carbons (Fsp3) is 0.412. The van der Waals surface area contributed by atoms with E-state index in [1.807, 2.05) is 24.5 Å². The maximum absolute atomic E-state index is 5.68. The van der Waals surface area contributed by atoms with Gasteiger partial charge >= 0.3 is 0 Å². The Balaban J connectivity index is 1.74. The molecule has 2 aromatic rings. The van der Waals surface area contributed by atoms with Crippen molar-refractivity contribution < 1.29 is 0 Å². The number of nitrogens with zero attached hydrogens (tertiary/aromatic N) is 2. The van der Waals surface area contributed by atoms with Crippen LogP contribution in [0.5, 0.6) is 0 Å². The molecule has 4 nitrogen and oxygen atoms in total. The molecule has 2 aromatic heterocycles. The second kappa shape index (κ2) is 5.72. The number of rotatable bonds is 3. The maximum Gasteiger partial charge on any atom is 0.170 e. The van der Waals surface area contributed by atoms with E-state index in [9.17, 15) is 0 Å². The Morgan fingerprint density at radius 2 is 2.00 bits per heavy atom. The van der Waals surface area contributed by atoms with Crippen molar-refractivity contribution in [3.8, 4) is 0 Å². The number of aromatic amines is 1. The van der Waals surface area contributed by atoms with Crippen molar-refractivity contribution in [2.45, 2.75) is 43.8 Å². The van der Waals surface area contributed by atoms with Gasteiger partial charge in [-0.05, 0) is 49.3 Å². The molecule has 22 heavy (non-hydrogen) atoms. The van der Waals surface area contributed by atoms with Gasteiger partial charge in [-0.3, -0.25) is 4.98 Å². The van der Waals surface area contributed by atoms with Crippen molar-refractivity contribution >= 4 is 17.3 Å². The van der Waals surface area contributed by atoms with E-state index in [1.165, 1.54) is 31.4 Å². The van der Waals surface area contributed by atoms with Crippen molar-refractivity contribution in [3.63, 3.8) is 0 Å². The SMILES string of the molecule is S=C1N[C@@H](c2ccccn2)[C@H](c2ccc[nH]2)N1C1CCCC1. The summed E-state index contributed by atoms with van der Waals surface area (Å²) in [5, 5.41) is 4.37. The Hall–Kier alpha value is -1.88. The van der Waals surface area contributed by atoms with Crippen molar-refractivity contribution in [1.29, 1.82) is 0 Å². The zero-order valence-corrected chi connectivity index (χ0v) is 13.2. The first-order valence-corrected chi connectivity index (χ1v) is 8.38. The molecular formula is C17H20N4S. The van der Waals surface area contributed by atoms with Gasteiger partial charge < -0.3 is 15.2 Å². The lowest BCUT2D eigenvalue weighted by Crippen LogP contribution is -2.37. The van der Waals surface area contributed by atoms with Crippen molar-refractivity contribution in [1.82, 2.24) is 20.2 Å². The highest BCUT2D eigenvalue weighted by Gasteiger charge is 2.43. The molecule has 0 bridgehead atoms. The van der Waals surface area contributed by atoms with Gasteiger partial charge in [-0.15, -0.1) is 0 Å². The summed E-state index contributed by atoms with van der Waals surface area (Å²) in [5.41, 5.74) is 2.25. The van der Waals surface area contributed by atoms with E-state index < -0.39 is 0 Å². The Morgan fingerprint density at radius 3 is 2.68 bits per heavy atom. The Bertz CT molecular complexity index is 634. The van der Waals surface area contributed by atoms with Crippen LogP contribution in [0.3, 0.4) is 0 Å². The Morgan fingerprint density at radius 1 is 1.14 bits per heavy atom. The molecule has 1 aliphatic heterocycles. The summed E-state index contributed by atoms with van der Waals surface area (Å²) < 4.78 is 0. The molecule has 0 amide bonds. The second-order valence-corrected chi connectivity index (χ2v) is 6.48. The fourth-order valence-electron chi connectivity index (χ4n) is 3.80. The third kappa shape index (κ3) is 2.29. The lowest BCUT2D eigenvalue weighted by atomic mass is 10.00. The van der Waals surface area contributed by atoms with Crippen LogP contribution in [-0.2, 0) is 0 Å². The third-order valence-corrected chi connectivity index (χ3v) is 5.12. The van der Waals surface area contributed by atoms with Gasteiger partial charge in [0.15, 0.2) is 5.11 Å². The number of hydrogen-bond donors (Lipinski definition) is 2. The summed E-state index contributed by atoms with van der Waals surface area (Å²) in [4.78, 5) is 10.3. The molecule has 2 fully saturated rings. The van der Waals surface area contributed by atoms with Crippen LogP contribution in [0.15, 0.2) is 42.7 Å². The average molecular weight is 312 g/mol. The van der Waals surface area contributed by atoms with E-state index in [1.54, 1.807) is 0 Å². The molecule has 3 heterocycles. The number of pyridine rings is 1. The van der Waals surface area contributed by atoms with E-state index in [0.29, 0.717) is 6.04 Å². The molecule has 5 heteroatoms. The van der Waals surface area contributed by atoms with Gasteiger partial charge in [0, 0.05) is 24.1 Å². The van der Waals surface area contributed by atoms with Crippen LogP contribution in [0.25, 0.3) is 0 Å². The molecule has 2 atom stereocenters. The highest BCUT2D eigenvalue weighted by Crippen LogP contribution is 2.41. The van der Waals surface area contributed by atoms with Crippen LogP contribution in [-0.4, -0.2) is 26.0 Å². The molecule has 2 N–H and O–H groups in total. The normalized spacial score (nSPS) is 25.6. The van der Waals surface area contributed by atoms with Crippen LogP contribution in [0, 0.1) is 0 Å². The monoisotopic (exact) mass is 312 g/mol. The van der Waals surface area contributed by atoms with Gasteiger partial charge in [0.1, 0.15) is 0 Å². The molecule has 1 saturated carbocycles. The van der Waals surface area contributed by atoms with E-state index in [0.717, 1.165) is 10.8 Å². The van der Waals surface area contributed by atoms with Crippen molar-refractivity contribution in [2.24, 2.45) is 0 Å². The predicted octanol–water partition coefficient (Wildman–Crippen LogP) is 3.32. The lowest BCUT2D eigenvalue weighted by molar-refractivity contribution is 0.242. The smallest absolute Gasteiger partial charge is 0.170 e. The molecule has 114 valence electrons. The van der Waals surface area contributed by atoms with Gasteiger partial charge in [-0.1, -0.05) is 18.9 Å². The summed E-state index contributed by atoms with van der Waals surface area (Å²) in [7, 11) is 0. The predicted molar refractivity (Wildman–Crippen MR) is 90.3 cm³/mol. The second-order valence-electron chi connectivity index (χ2n) is 6.10. The van der Waals surface area contributed by atoms with Gasteiger partial charge in [0.25, 0.3) is 0 Å². The standard InChI is InChI=1S/C17H20N4S/c22-17-20-15(13-8-3-4-10-18-13)16(14-9-5-11-19-14)21(17)12-6-1-2-7-12/h3-5,8-12,15-16,19H,1-2,6-7H2,(H,20,22)/t15-,16-/m0/s1. The minimum atomic E-state index is 0.105. The molecule has 0 radical (unpaired) electrons. The first kappa shape index (κ1) is 13.8. The number of thiocarbonyl (C=S) groups is 1. The van der Waals surface area contributed by atoms with E-state index in [2.05, 4.69) is 38.4 Å². The Labute approximate surface area is 135 Å². The van der Waals surface area contributed by atoms with Gasteiger partial charge in [-0.25, -0.2) is 0 Å². The Kier molecular flexibility index (Phi) is 3.58. The highest BCUT2D eigenvalue weighted by molar-refractivity contribution is 7.80. The van der Waals surface area contributed by atoms with Crippen LogP contribution < -0.4 is 5.32 Å². The van der Waals surface area contributed by atoms with E-state index in [4.69, 9.17) is 12.2 Å². The third-order valence-electron chi connectivity index (χ3n) is 4.79. The zero-order valence-electron chi connectivity index (χ0n) is 12.4. The van der Waals surface area contributed by atoms with E-state index >= 15 is 0 Å². The highest BCUT2D eigenvalue weighted by atomic mass is 32.1. The van der Waals surface area contributed by atoms with E-state index in [-0.39, 0.29) is 12.1 Å². The summed E-state index contributed by atoms with van der Waals surface area (Å²) in [5.74, 6) is 0. The molecule has 0 aromatic carbocycles. The first-order valence-electron chi connectivity index (χ1n) is 7.97. The fourth-order valence-corrected chi connectivity index (χ4v) is 4.19. The minimum Gasteiger partial charge on any atom is -0.363 e. The minimum absolute atomic E-state index is 0.105. The van der Waals surface area contributed by atoms with Gasteiger partial charge in [0.05, 0.1) is 17.8 Å². The number of nitrogens with one attached hydrogen (secondary N) is 2. The van der Waals surface area contributed by atoms with Crippen molar-refractivity contribution in [2.75, 3.05) is 0 Å². The zero-order chi connectivity index (χ0) is 14.9. The molecule has 1 saturated heterocycles. The van der Waals surface area contributed by atoms with Crippen LogP contribution in [0.1, 0.15) is 49.2 Å². The number of H-pyrrole nitrogens is 1. The van der Waals surface area contributed by atoms with Crippen LogP contribution in [0.2, 0.25) is 0 Å². The van der Waals surface area contributed by atoms with Crippen LogP contribution >= 0.6 is 12.2 Å².